The van der Waals surface area contributed by atoms with Crippen LogP contribution < -0.4 is 16.1 Å². The zero-order valence-electron chi connectivity index (χ0n) is 20.5. The number of carbonyl (C=O) groups is 1. The van der Waals surface area contributed by atoms with Crippen molar-refractivity contribution < 1.29 is 9.90 Å². The number of fused-ring (bicyclic) bond motifs is 1. The zero-order chi connectivity index (χ0) is 25.8. The number of aromatic amines is 1. The number of nitrogens with zero attached hydrogens (tertiary/aromatic N) is 1. The van der Waals surface area contributed by atoms with Gasteiger partial charge in [0.25, 0.3) is 5.91 Å². The highest BCUT2D eigenvalue weighted by atomic mass is 35.5. The lowest BCUT2D eigenvalue weighted by Crippen LogP contribution is -2.29. The predicted molar refractivity (Wildman–Crippen MR) is 145 cm³/mol. The summed E-state index contributed by atoms with van der Waals surface area (Å²) in [4.78, 5) is 30.1. The first-order valence-electron chi connectivity index (χ1n) is 11.5. The van der Waals surface area contributed by atoms with E-state index in [1.165, 1.54) is 0 Å². The minimum Gasteiger partial charge on any atom is -0.390 e. The first kappa shape index (κ1) is 28.3. The first-order chi connectivity index (χ1) is 16.9. The van der Waals surface area contributed by atoms with Crippen molar-refractivity contribution in [2.24, 2.45) is 7.05 Å². The Morgan fingerprint density at radius 2 is 1.89 bits per heavy atom. The highest BCUT2D eigenvalue weighted by Gasteiger charge is 2.16. The van der Waals surface area contributed by atoms with Gasteiger partial charge in [-0.1, -0.05) is 44.5 Å². The van der Waals surface area contributed by atoms with Crippen LogP contribution >= 0.6 is 22.9 Å². The van der Waals surface area contributed by atoms with Gasteiger partial charge in [0.1, 0.15) is 10.4 Å². The average Bonchev–Trinajstić information content (AvgIpc) is 3.56. The quantitative estimate of drug-likeness (QED) is 0.283. The van der Waals surface area contributed by atoms with E-state index in [9.17, 15) is 9.59 Å². The standard InChI is InChI=1S/C19H20ClN3O2S.C5H7NO.C2H6/c1-3-21-10-14-8-15-17(24)16(11-23(2)19(15)26-14)18(25)22-9-12-4-6-13(20)7-5-12;7-4-5-2-1-3-6-5;1-2/h4-8,11,21H,3,9-10H2,1-2H3,(H,22,25);1-3,6-7H,4H2;1-2H3. The molecule has 0 saturated carbocycles. The van der Waals surface area contributed by atoms with Crippen molar-refractivity contribution in [2.75, 3.05) is 6.54 Å². The highest BCUT2D eigenvalue weighted by molar-refractivity contribution is 7.18. The number of hydrogen-bond acceptors (Lipinski definition) is 5. The van der Waals surface area contributed by atoms with Gasteiger partial charge in [-0.25, -0.2) is 0 Å². The van der Waals surface area contributed by atoms with Crippen molar-refractivity contribution in [2.45, 2.75) is 40.5 Å². The number of carbonyl (C=O) groups excluding carboxylic acids is 1. The summed E-state index contributed by atoms with van der Waals surface area (Å²) in [6.45, 7) is 8.06. The first-order valence-corrected chi connectivity index (χ1v) is 12.7. The molecule has 188 valence electrons. The number of aliphatic hydroxyl groups is 1. The minimum absolute atomic E-state index is 0.104. The Balaban J connectivity index is 0.000000407. The molecule has 0 saturated heterocycles. The molecule has 0 atom stereocenters. The molecule has 0 radical (unpaired) electrons. The Kier molecular flexibility index (Phi) is 11.7. The van der Waals surface area contributed by atoms with Crippen LogP contribution in [0.4, 0.5) is 0 Å². The van der Waals surface area contributed by atoms with Crippen LogP contribution in [0.1, 0.15) is 47.3 Å². The summed E-state index contributed by atoms with van der Waals surface area (Å²) in [7, 11) is 1.85. The summed E-state index contributed by atoms with van der Waals surface area (Å²) < 4.78 is 1.84. The molecular weight excluding hydrogens is 484 g/mol. The lowest BCUT2D eigenvalue weighted by molar-refractivity contribution is 0.0949. The molecule has 9 heteroatoms. The van der Waals surface area contributed by atoms with Gasteiger partial charge >= 0.3 is 0 Å². The fourth-order valence-electron chi connectivity index (χ4n) is 3.15. The molecule has 1 amide bonds. The third-order valence-electron chi connectivity index (χ3n) is 4.89. The molecule has 1 aromatic carbocycles. The summed E-state index contributed by atoms with van der Waals surface area (Å²) >= 11 is 7.43. The van der Waals surface area contributed by atoms with E-state index in [0.717, 1.165) is 27.5 Å². The Morgan fingerprint density at radius 3 is 2.46 bits per heavy atom. The number of nitrogens with one attached hydrogen (secondary N) is 3. The number of pyridine rings is 1. The molecule has 35 heavy (non-hydrogen) atoms. The van der Waals surface area contributed by atoms with Gasteiger partial charge in [0.05, 0.1) is 12.0 Å². The second kappa shape index (κ2) is 14.5. The highest BCUT2D eigenvalue weighted by Crippen LogP contribution is 2.23. The van der Waals surface area contributed by atoms with Gasteiger partial charge < -0.3 is 25.3 Å². The number of aliphatic hydroxyl groups excluding tert-OH is 1. The number of hydrogen-bond donors (Lipinski definition) is 4. The van der Waals surface area contributed by atoms with Crippen LogP contribution in [-0.4, -0.2) is 27.1 Å². The topological polar surface area (TPSA) is 99.2 Å². The molecule has 0 spiro atoms. The smallest absolute Gasteiger partial charge is 0.257 e. The van der Waals surface area contributed by atoms with Crippen LogP contribution in [0.2, 0.25) is 5.02 Å². The Hall–Kier alpha value is -2.91. The third kappa shape index (κ3) is 8.07. The largest absolute Gasteiger partial charge is 0.390 e. The van der Waals surface area contributed by atoms with E-state index in [2.05, 4.69) is 15.6 Å². The number of rotatable bonds is 7. The summed E-state index contributed by atoms with van der Waals surface area (Å²) in [5, 5.41) is 15.7. The maximum Gasteiger partial charge on any atom is 0.257 e. The molecule has 0 unspecified atom stereocenters. The molecule has 4 aromatic rings. The molecule has 4 rings (SSSR count). The fourth-order valence-corrected chi connectivity index (χ4v) is 4.34. The second-order valence-corrected chi connectivity index (χ2v) is 8.91. The number of halogens is 1. The van der Waals surface area contributed by atoms with Gasteiger partial charge in [0, 0.05) is 48.1 Å². The maximum atomic E-state index is 12.8. The monoisotopic (exact) mass is 516 g/mol. The zero-order valence-corrected chi connectivity index (χ0v) is 22.1. The predicted octanol–water partition coefficient (Wildman–Crippen LogP) is 4.83. The molecule has 3 aromatic heterocycles. The normalized spacial score (nSPS) is 10.2. The molecule has 0 aliphatic heterocycles. The van der Waals surface area contributed by atoms with E-state index >= 15 is 0 Å². The average molecular weight is 517 g/mol. The van der Waals surface area contributed by atoms with Crippen molar-refractivity contribution in [3.05, 3.63) is 91.8 Å². The van der Waals surface area contributed by atoms with Crippen LogP contribution in [0, 0.1) is 0 Å². The van der Waals surface area contributed by atoms with E-state index < -0.39 is 0 Å². The molecule has 3 heterocycles. The number of thiophene rings is 1. The summed E-state index contributed by atoms with van der Waals surface area (Å²) in [6, 6.07) is 12.8. The molecule has 0 fully saturated rings. The van der Waals surface area contributed by atoms with Crippen LogP contribution in [0.5, 0.6) is 0 Å². The van der Waals surface area contributed by atoms with Crippen LogP contribution in [0.15, 0.2) is 59.7 Å². The van der Waals surface area contributed by atoms with Gasteiger partial charge in [-0.2, -0.15) is 0 Å². The van der Waals surface area contributed by atoms with E-state index in [-0.39, 0.29) is 23.5 Å². The van der Waals surface area contributed by atoms with Gasteiger partial charge in [0.15, 0.2) is 0 Å². The molecular formula is C26H33ClN4O3S. The lowest BCUT2D eigenvalue weighted by Gasteiger charge is -2.07. The van der Waals surface area contributed by atoms with Crippen molar-refractivity contribution in [1.82, 2.24) is 20.2 Å². The van der Waals surface area contributed by atoms with E-state index in [4.69, 9.17) is 16.7 Å². The SMILES string of the molecule is CC.CCNCc1cc2c(=O)c(C(=O)NCc3ccc(Cl)cc3)cn(C)c2s1.OCc1ccc[nH]1. The molecule has 0 aliphatic rings. The van der Waals surface area contributed by atoms with Crippen molar-refractivity contribution in [3.8, 4) is 0 Å². The number of aromatic nitrogens is 2. The van der Waals surface area contributed by atoms with Crippen LogP contribution in [0.25, 0.3) is 10.2 Å². The fraction of sp³-hybridized carbons (Fsp3) is 0.308. The Morgan fingerprint density at radius 1 is 1.17 bits per heavy atom. The minimum atomic E-state index is -0.373. The molecule has 4 N–H and O–H groups in total. The van der Waals surface area contributed by atoms with E-state index in [1.807, 2.05) is 62.7 Å². The lowest BCUT2D eigenvalue weighted by atomic mass is 10.2. The Labute approximate surface area is 214 Å². The summed E-state index contributed by atoms with van der Waals surface area (Å²) in [6.07, 6.45) is 3.39. The number of H-pyrrole nitrogens is 1. The van der Waals surface area contributed by atoms with Gasteiger partial charge in [-0.05, 0) is 42.4 Å². The van der Waals surface area contributed by atoms with Gasteiger partial charge in [-0.15, -0.1) is 11.3 Å². The van der Waals surface area contributed by atoms with Crippen molar-refractivity contribution >= 4 is 39.1 Å². The molecule has 0 aliphatic carbocycles. The van der Waals surface area contributed by atoms with E-state index in [1.54, 1.807) is 35.9 Å². The maximum absolute atomic E-state index is 12.8. The number of amides is 1. The number of benzene rings is 1. The Bertz CT molecular complexity index is 1250. The van der Waals surface area contributed by atoms with E-state index in [0.29, 0.717) is 23.5 Å². The van der Waals surface area contributed by atoms with Crippen molar-refractivity contribution in [3.63, 3.8) is 0 Å². The number of aryl methyl sites for hydroxylation is 1. The van der Waals surface area contributed by atoms with Crippen molar-refractivity contribution in [1.29, 1.82) is 0 Å². The van der Waals surface area contributed by atoms with Crippen LogP contribution in [0.3, 0.4) is 0 Å². The second-order valence-electron chi connectivity index (χ2n) is 7.36. The molecule has 7 nitrogen and oxygen atoms in total. The van der Waals surface area contributed by atoms with Gasteiger partial charge in [-0.3, -0.25) is 9.59 Å². The van der Waals surface area contributed by atoms with Gasteiger partial charge in [0.2, 0.25) is 5.43 Å². The summed E-state index contributed by atoms with van der Waals surface area (Å²) in [5.74, 6) is -0.373. The third-order valence-corrected chi connectivity index (χ3v) is 6.37. The summed E-state index contributed by atoms with van der Waals surface area (Å²) in [5.41, 5.74) is 1.71. The van der Waals surface area contributed by atoms with Crippen LogP contribution in [-0.2, 0) is 26.7 Å². The molecule has 0 bridgehead atoms.